The third-order valence-corrected chi connectivity index (χ3v) is 2.79. The molecule has 3 N–H and O–H groups in total. The van der Waals surface area contributed by atoms with Crippen molar-refractivity contribution in [3.05, 3.63) is 48.2 Å². The first-order valence-electron chi connectivity index (χ1n) is 5.69. The fourth-order valence-electron chi connectivity index (χ4n) is 1.96. The molecule has 1 aromatic rings. The number of ether oxygens (including phenoxy) is 1. The second kappa shape index (κ2) is 5.35. The van der Waals surface area contributed by atoms with Crippen LogP contribution in [0.5, 0.6) is 0 Å². The second-order valence-electron chi connectivity index (χ2n) is 4.03. The number of nitrogens with zero attached hydrogens (tertiary/aromatic N) is 1. The van der Waals surface area contributed by atoms with E-state index in [-0.39, 0.29) is 11.9 Å². The van der Waals surface area contributed by atoms with Crippen molar-refractivity contribution in [2.75, 3.05) is 6.61 Å². The Morgan fingerprint density at radius 3 is 2.89 bits per heavy atom. The predicted octanol–water partition coefficient (Wildman–Crippen LogP) is 1.50. The molecule has 0 spiro atoms. The van der Waals surface area contributed by atoms with Crippen molar-refractivity contribution in [1.29, 1.82) is 5.41 Å². The molecule has 1 saturated heterocycles. The standard InChI is InChI=1S/C13H15N3O2/c14-7-6-12(15)16-11(9-18-13(16)17)8-10-4-2-1-3-5-10/h1-7,11,15H,8-9,14H2/t11-/m0/s1. The lowest BCUT2D eigenvalue weighted by Crippen LogP contribution is -2.38. The highest BCUT2D eigenvalue weighted by Gasteiger charge is 2.34. The van der Waals surface area contributed by atoms with Crippen molar-refractivity contribution >= 4 is 11.9 Å². The number of carbonyl (C=O) groups is 1. The molecule has 1 aromatic carbocycles. The highest BCUT2D eigenvalue weighted by atomic mass is 16.6. The molecule has 94 valence electrons. The van der Waals surface area contributed by atoms with Crippen LogP contribution in [0.2, 0.25) is 0 Å². The van der Waals surface area contributed by atoms with Crippen LogP contribution >= 0.6 is 0 Å². The molecule has 0 unspecified atom stereocenters. The van der Waals surface area contributed by atoms with Crippen LogP contribution < -0.4 is 5.73 Å². The molecule has 0 bridgehead atoms. The quantitative estimate of drug-likeness (QED) is 0.625. The van der Waals surface area contributed by atoms with Crippen LogP contribution in [0, 0.1) is 5.41 Å². The summed E-state index contributed by atoms with van der Waals surface area (Å²) in [5, 5.41) is 7.77. The summed E-state index contributed by atoms with van der Waals surface area (Å²) < 4.78 is 4.99. The maximum atomic E-state index is 11.6. The Morgan fingerprint density at radius 1 is 1.50 bits per heavy atom. The molecule has 1 aliphatic heterocycles. The Hall–Kier alpha value is -2.30. The van der Waals surface area contributed by atoms with Gasteiger partial charge in [0, 0.05) is 0 Å². The SMILES string of the molecule is N=C(C=CN)N1C(=O)OC[C@@H]1Cc1ccccc1. The van der Waals surface area contributed by atoms with Crippen LogP contribution in [0.1, 0.15) is 5.56 Å². The van der Waals surface area contributed by atoms with Gasteiger partial charge in [-0.2, -0.15) is 0 Å². The number of amides is 1. The minimum absolute atomic E-state index is 0.0564. The summed E-state index contributed by atoms with van der Waals surface area (Å²) in [6.45, 7) is 0.300. The van der Waals surface area contributed by atoms with Gasteiger partial charge in [-0.1, -0.05) is 30.3 Å². The third-order valence-electron chi connectivity index (χ3n) is 2.79. The third kappa shape index (κ3) is 2.51. The Kier molecular flexibility index (Phi) is 3.62. The molecule has 1 fully saturated rings. The topological polar surface area (TPSA) is 79.4 Å². The van der Waals surface area contributed by atoms with Crippen molar-refractivity contribution in [1.82, 2.24) is 4.90 Å². The van der Waals surface area contributed by atoms with E-state index in [1.165, 1.54) is 17.2 Å². The molecule has 18 heavy (non-hydrogen) atoms. The molecule has 1 aliphatic rings. The smallest absolute Gasteiger partial charge is 0.415 e. The first-order valence-corrected chi connectivity index (χ1v) is 5.69. The molecule has 1 atom stereocenters. The highest BCUT2D eigenvalue weighted by molar-refractivity contribution is 6.01. The van der Waals surface area contributed by atoms with Crippen molar-refractivity contribution in [3.8, 4) is 0 Å². The summed E-state index contributed by atoms with van der Waals surface area (Å²) in [7, 11) is 0. The van der Waals surface area contributed by atoms with Gasteiger partial charge < -0.3 is 10.5 Å². The lowest BCUT2D eigenvalue weighted by molar-refractivity contribution is 0.168. The van der Waals surface area contributed by atoms with Gasteiger partial charge in [0.1, 0.15) is 12.4 Å². The van der Waals surface area contributed by atoms with Crippen LogP contribution in [-0.4, -0.2) is 29.5 Å². The van der Waals surface area contributed by atoms with Crippen molar-refractivity contribution < 1.29 is 9.53 Å². The normalized spacial score (nSPS) is 19.2. The summed E-state index contributed by atoms with van der Waals surface area (Å²) >= 11 is 0. The lowest BCUT2D eigenvalue weighted by atomic mass is 10.1. The average molecular weight is 245 g/mol. The van der Waals surface area contributed by atoms with E-state index < -0.39 is 6.09 Å². The monoisotopic (exact) mass is 245 g/mol. The minimum Gasteiger partial charge on any atom is -0.447 e. The molecule has 5 heteroatoms. The summed E-state index contributed by atoms with van der Waals surface area (Å²) in [5.41, 5.74) is 6.35. The molecular formula is C13H15N3O2. The maximum absolute atomic E-state index is 11.6. The van der Waals surface area contributed by atoms with Gasteiger partial charge in [-0.25, -0.2) is 4.79 Å². The summed E-state index contributed by atoms with van der Waals surface area (Å²) in [6, 6.07) is 9.66. The summed E-state index contributed by atoms with van der Waals surface area (Å²) in [5.74, 6) is 0.0564. The fraction of sp³-hybridized carbons (Fsp3) is 0.231. The van der Waals surface area contributed by atoms with Crippen molar-refractivity contribution in [3.63, 3.8) is 0 Å². The molecule has 0 saturated carbocycles. The number of nitrogens with two attached hydrogens (primary N) is 1. The molecule has 0 aromatic heterocycles. The first-order chi connectivity index (χ1) is 8.72. The van der Waals surface area contributed by atoms with Crippen LogP contribution in [0.15, 0.2) is 42.6 Å². The van der Waals surface area contributed by atoms with E-state index in [0.717, 1.165) is 5.56 Å². The zero-order valence-corrected chi connectivity index (χ0v) is 9.87. The molecular weight excluding hydrogens is 230 g/mol. The molecule has 1 amide bonds. The Labute approximate surface area is 105 Å². The molecule has 1 heterocycles. The molecule has 2 rings (SSSR count). The molecule has 0 radical (unpaired) electrons. The van der Waals surface area contributed by atoms with E-state index in [0.29, 0.717) is 13.0 Å². The number of carbonyl (C=O) groups excluding carboxylic acids is 1. The van der Waals surface area contributed by atoms with Gasteiger partial charge in [-0.3, -0.25) is 10.3 Å². The number of hydrogen-bond acceptors (Lipinski definition) is 4. The van der Waals surface area contributed by atoms with Gasteiger partial charge >= 0.3 is 6.09 Å². The zero-order valence-electron chi connectivity index (χ0n) is 9.87. The lowest BCUT2D eigenvalue weighted by Gasteiger charge is -2.20. The Balaban J connectivity index is 2.12. The van der Waals surface area contributed by atoms with E-state index in [9.17, 15) is 4.79 Å². The van der Waals surface area contributed by atoms with Crippen LogP contribution in [0.3, 0.4) is 0 Å². The minimum atomic E-state index is -0.487. The van der Waals surface area contributed by atoms with Crippen LogP contribution in [0.4, 0.5) is 4.79 Å². The largest absolute Gasteiger partial charge is 0.447 e. The number of hydrogen-bond donors (Lipinski definition) is 2. The highest BCUT2D eigenvalue weighted by Crippen LogP contribution is 2.17. The Morgan fingerprint density at radius 2 is 2.22 bits per heavy atom. The number of nitrogens with one attached hydrogen (secondary N) is 1. The van der Waals surface area contributed by atoms with Gasteiger partial charge in [0.25, 0.3) is 0 Å². The van der Waals surface area contributed by atoms with Crippen LogP contribution in [0.25, 0.3) is 0 Å². The van der Waals surface area contributed by atoms with Gasteiger partial charge in [0.2, 0.25) is 0 Å². The predicted molar refractivity (Wildman–Crippen MR) is 68.2 cm³/mol. The van der Waals surface area contributed by atoms with E-state index >= 15 is 0 Å². The summed E-state index contributed by atoms with van der Waals surface area (Å²) in [6.07, 6.45) is 2.80. The van der Waals surface area contributed by atoms with E-state index in [4.69, 9.17) is 15.9 Å². The zero-order chi connectivity index (χ0) is 13.0. The van der Waals surface area contributed by atoms with Crippen molar-refractivity contribution in [2.24, 2.45) is 5.73 Å². The van der Waals surface area contributed by atoms with Crippen molar-refractivity contribution in [2.45, 2.75) is 12.5 Å². The second-order valence-corrected chi connectivity index (χ2v) is 4.03. The number of amidine groups is 1. The van der Waals surface area contributed by atoms with Gasteiger partial charge in [-0.05, 0) is 24.3 Å². The maximum Gasteiger partial charge on any atom is 0.415 e. The van der Waals surface area contributed by atoms with Crippen LogP contribution in [-0.2, 0) is 11.2 Å². The van der Waals surface area contributed by atoms with E-state index in [2.05, 4.69) is 0 Å². The fourth-order valence-corrected chi connectivity index (χ4v) is 1.96. The number of benzene rings is 1. The first kappa shape index (κ1) is 12.2. The molecule has 0 aliphatic carbocycles. The number of cyclic esters (lactones) is 1. The number of rotatable bonds is 3. The summed E-state index contributed by atoms with van der Waals surface area (Å²) in [4.78, 5) is 12.9. The van der Waals surface area contributed by atoms with Gasteiger partial charge in [0.05, 0.1) is 6.04 Å². The Bertz CT molecular complexity index is 470. The van der Waals surface area contributed by atoms with E-state index in [1.54, 1.807) is 0 Å². The van der Waals surface area contributed by atoms with Gasteiger partial charge in [0.15, 0.2) is 0 Å². The average Bonchev–Trinajstić information content (AvgIpc) is 2.72. The van der Waals surface area contributed by atoms with Gasteiger partial charge in [-0.15, -0.1) is 0 Å². The molecule has 5 nitrogen and oxygen atoms in total. The van der Waals surface area contributed by atoms with E-state index in [1.807, 2.05) is 30.3 Å².